The number of quaternary nitrogens is 1. The first-order chi connectivity index (χ1) is 14.5. The summed E-state index contributed by atoms with van der Waals surface area (Å²) in [4.78, 5) is 34.0. The second-order valence-corrected chi connectivity index (χ2v) is 9.06. The van der Waals surface area contributed by atoms with Gasteiger partial charge < -0.3 is 15.3 Å². The van der Waals surface area contributed by atoms with E-state index < -0.39 is 35.7 Å². The van der Waals surface area contributed by atoms with Gasteiger partial charge >= 0.3 is 17.9 Å². The summed E-state index contributed by atoms with van der Waals surface area (Å²) in [6.45, 7) is 8.87. The van der Waals surface area contributed by atoms with Crippen LogP contribution >= 0.6 is 0 Å². The smallest absolute Gasteiger partial charge is 0.306 e. The molecule has 7 heteroatoms. The van der Waals surface area contributed by atoms with Crippen molar-refractivity contribution < 1.29 is 34.2 Å². The highest BCUT2D eigenvalue weighted by molar-refractivity contribution is 5.70. The number of nitrogens with zero attached hydrogens (tertiary/aromatic N) is 1. The van der Waals surface area contributed by atoms with Gasteiger partial charge in [-0.15, -0.1) is 0 Å². The predicted octanol–water partition coefficient (Wildman–Crippen LogP) is 5.01. The Balaban J connectivity index is 5.42. The topological polar surface area (TPSA) is 112 Å². The number of unbranched alkanes of at least 4 members (excludes halogenated alkanes) is 5. The van der Waals surface area contributed by atoms with Crippen LogP contribution in [0.2, 0.25) is 0 Å². The molecule has 0 saturated heterocycles. The zero-order valence-corrected chi connectivity index (χ0v) is 19.9. The molecule has 0 bridgehead atoms. The highest BCUT2D eigenvalue weighted by Crippen LogP contribution is 2.21. The predicted molar refractivity (Wildman–Crippen MR) is 122 cm³/mol. The molecule has 0 aromatic carbocycles. The number of hydrogen-bond acceptors (Lipinski definition) is 3. The Labute approximate surface area is 187 Å². The lowest BCUT2D eigenvalue weighted by molar-refractivity contribution is -0.881. The molecule has 3 atom stereocenters. The number of allylic oxidation sites excluding steroid dienone is 1. The van der Waals surface area contributed by atoms with Crippen LogP contribution in [0.4, 0.5) is 0 Å². The summed E-state index contributed by atoms with van der Waals surface area (Å²) in [5.74, 6) is -4.07. The largest absolute Gasteiger partial charge is 0.481 e. The molecule has 0 aliphatic rings. The molecule has 7 nitrogen and oxygen atoms in total. The molecule has 3 unspecified atom stereocenters. The first kappa shape index (κ1) is 29.1. The van der Waals surface area contributed by atoms with E-state index >= 15 is 0 Å². The first-order valence-electron chi connectivity index (χ1n) is 11.8. The third kappa shape index (κ3) is 13.2. The fourth-order valence-electron chi connectivity index (χ4n) is 3.45. The van der Waals surface area contributed by atoms with Gasteiger partial charge in [-0.2, -0.15) is 0 Å². The Morgan fingerprint density at radius 1 is 0.710 bits per heavy atom. The van der Waals surface area contributed by atoms with Gasteiger partial charge in [0.15, 0.2) is 0 Å². The molecule has 0 amide bonds. The van der Waals surface area contributed by atoms with E-state index in [2.05, 4.69) is 19.2 Å². The molecular formula is C24H44NO6+. The van der Waals surface area contributed by atoms with Crippen molar-refractivity contribution in [3.63, 3.8) is 0 Å². The SMILES string of the molecule is CCCCCCC/C=C/[N+](CCC(C)C(=O)O)(CCC(C)C(=O)O)CCC(C)C(=O)O. The number of rotatable bonds is 19. The summed E-state index contributed by atoms with van der Waals surface area (Å²) in [5, 5.41) is 27.9. The van der Waals surface area contributed by atoms with Crippen LogP contribution in [0, 0.1) is 17.8 Å². The van der Waals surface area contributed by atoms with Crippen LogP contribution in [-0.2, 0) is 14.4 Å². The first-order valence-corrected chi connectivity index (χ1v) is 11.8. The van der Waals surface area contributed by atoms with Gasteiger partial charge in [0.05, 0.1) is 43.6 Å². The van der Waals surface area contributed by atoms with Gasteiger partial charge in [0, 0.05) is 19.3 Å². The van der Waals surface area contributed by atoms with E-state index in [4.69, 9.17) is 0 Å². The van der Waals surface area contributed by atoms with E-state index in [1.807, 2.05) is 0 Å². The third-order valence-corrected chi connectivity index (χ3v) is 6.18. The summed E-state index contributed by atoms with van der Waals surface area (Å²) in [6.07, 6.45) is 12.4. The zero-order chi connectivity index (χ0) is 23.9. The summed E-state index contributed by atoms with van der Waals surface area (Å²) in [6, 6.07) is 0. The molecule has 0 aliphatic carbocycles. The van der Waals surface area contributed by atoms with Crippen molar-refractivity contribution in [2.24, 2.45) is 17.8 Å². The van der Waals surface area contributed by atoms with Gasteiger partial charge in [-0.3, -0.25) is 18.9 Å². The normalized spacial score (nSPS) is 16.5. The highest BCUT2D eigenvalue weighted by Gasteiger charge is 2.30. The van der Waals surface area contributed by atoms with Crippen molar-refractivity contribution >= 4 is 17.9 Å². The summed E-state index contributed by atoms with van der Waals surface area (Å²) < 4.78 is 0.432. The Bertz CT molecular complexity index is 515. The second kappa shape index (κ2) is 15.8. The average molecular weight is 443 g/mol. The Hall–Kier alpha value is -1.89. The average Bonchev–Trinajstić information content (AvgIpc) is 2.72. The molecule has 0 fully saturated rings. The molecule has 0 aromatic heterocycles. The Morgan fingerprint density at radius 3 is 1.45 bits per heavy atom. The van der Waals surface area contributed by atoms with Crippen LogP contribution < -0.4 is 0 Å². The fraction of sp³-hybridized carbons (Fsp3) is 0.792. The Kier molecular flexibility index (Phi) is 14.9. The summed E-state index contributed by atoms with van der Waals surface area (Å²) in [5.41, 5.74) is 0. The molecule has 0 aliphatic heterocycles. The molecule has 0 saturated carbocycles. The van der Waals surface area contributed by atoms with E-state index in [-0.39, 0.29) is 0 Å². The van der Waals surface area contributed by atoms with Crippen LogP contribution in [0.5, 0.6) is 0 Å². The van der Waals surface area contributed by atoms with E-state index in [0.717, 1.165) is 12.8 Å². The fourth-order valence-corrected chi connectivity index (χ4v) is 3.45. The number of carbonyl (C=O) groups is 3. The van der Waals surface area contributed by atoms with Crippen LogP contribution in [-0.4, -0.2) is 57.3 Å². The summed E-state index contributed by atoms with van der Waals surface area (Å²) >= 11 is 0. The van der Waals surface area contributed by atoms with Gasteiger partial charge in [-0.25, -0.2) is 0 Å². The number of carboxylic acid groups (broad SMARTS) is 3. The Morgan fingerprint density at radius 2 is 1.10 bits per heavy atom. The molecule has 180 valence electrons. The lowest BCUT2D eigenvalue weighted by Gasteiger charge is -2.37. The molecule has 0 aromatic rings. The summed E-state index contributed by atoms with van der Waals surface area (Å²) in [7, 11) is 0. The second-order valence-electron chi connectivity index (χ2n) is 9.06. The molecular weight excluding hydrogens is 398 g/mol. The van der Waals surface area contributed by atoms with Crippen molar-refractivity contribution in [3.05, 3.63) is 12.3 Å². The van der Waals surface area contributed by atoms with Gasteiger partial charge in [0.1, 0.15) is 0 Å². The molecule has 31 heavy (non-hydrogen) atoms. The van der Waals surface area contributed by atoms with Gasteiger partial charge in [-0.1, -0.05) is 53.4 Å². The minimum absolute atomic E-state index is 0.432. The maximum Gasteiger partial charge on any atom is 0.306 e. The standard InChI is InChI=1S/C24H43NO6/c1-5-6-7-8-9-10-11-15-25(16-12-19(2)22(26)27,17-13-20(3)23(28)29)18-14-21(4)24(30)31/h11,15,19-21H,5-10,12-14,16-18H2,1-4H3,(H2-,26,27,28,29,30,31)/p+1/b15-11+. The van der Waals surface area contributed by atoms with Crippen molar-refractivity contribution in [1.29, 1.82) is 0 Å². The van der Waals surface area contributed by atoms with Gasteiger partial charge in [-0.05, 0) is 18.9 Å². The maximum absolute atomic E-state index is 11.3. The van der Waals surface area contributed by atoms with Crippen LogP contribution in [0.3, 0.4) is 0 Å². The van der Waals surface area contributed by atoms with Crippen molar-refractivity contribution in [1.82, 2.24) is 0 Å². The van der Waals surface area contributed by atoms with E-state index in [0.29, 0.717) is 43.4 Å². The quantitative estimate of drug-likeness (QED) is 0.191. The van der Waals surface area contributed by atoms with Crippen molar-refractivity contribution in [2.75, 3.05) is 19.6 Å². The highest BCUT2D eigenvalue weighted by atomic mass is 16.4. The lowest BCUT2D eigenvalue weighted by atomic mass is 10.0. The van der Waals surface area contributed by atoms with Crippen molar-refractivity contribution in [3.8, 4) is 0 Å². The van der Waals surface area contributed by atoms with Gasteiger partial charge in [0.25, 0.3) is 0 Å². The maximum atomic E-state index is 11.3. The molecule has 0 rings (SSSR count). The molecule has 0 heterocycles. The van der Waals surface area contributed by atoms with Gasteiger partial charge in [0.2, 0.25) is 0 Å². The molecule has 3 N–H and O–H groups in total. The lowest BCUT2D eigenvalue weighted by Crippen LogP contribution is -2.47. The minimum Gasteiger partial charge on any atom is -0.481 e. The van der Waals surface area contributed by atoms with Crippen LogP contribution in [0.25, 0.3) is 0 Å². The monoisotopic (exact) mass is 442 g/mol. The van der Waals surface area contributed by atoms with Crippen LogP contribution in [0.1, 0.15) is 85.5 Å². The zero-order valence-electron chi connectivity index (χ0n) is 19.9. The molecule has 0 spiro atoms. The number of aliphatic carboxylic acids is 3. The van der Waals surface area contributed by atoms with Crippen molar-refractivity contribution in [2.45, 2.75) is 85.5 Å². The third-order valence-electron chi connectivity index (χ3n) is 6.18. The number of carboxylic acids is 3. The van der Waals surface area contributed by atoms with E-state index in [9.17, 15) is 29.7 Å². The number of hydrogen-bond donors (Lipinski definition) is 3. The molecule has 0 radical (unpaired) electrons. The van der Waals surface area contributed by atoms with E-state index in [1.165, 1.54) is 25.7 Å². The van der Waals surface area contributed by atoms with Crippen LogP contribution in [0.15, 0.2) is 12.3 Å². The van der Waals surface area contributed by atoms with E-state index in [1.54, 1.807) is 20.8 Å². The minimum atomic E-state index is -0.851.